The molecular weight excluding hydrogens is 343 g/mol. The molecule has 0 radical (unpaired) electrons. The molecule has 0 aliphatic rings. The molecule has 5 nitrogen and oxygen atoms in total. The van der Waals surface area contributed by atoms with Gasteiger partial charge in [-0.2, -0.15) is 13.2 Å². The third kappa shape index (κ3) is 3.79. The molecule has 26 heavy (non-hydrogen) atoms. The van der Waals surface area contributed by atoms with Crippen molar-refractivity contribution in [3.63, 3.8) is 0 Å². The first-order valence-electron chi connectivity index (χ1n) is 7.87. The topological polar surface area (TPSA) is 54.8 Å². The molecule has 3 aromatic rings. The van der Waals surface area contributed by atoms with Gasteiger partial charge in [-0.15, -0.1) is 0 Å². The molecule has 134 valence electrons. The van der Waals surface area contributed by atoms with E-state index < -0.39 is 11.9 Å². The van der Waals surface area contributed by atoms with Gasteiger partial charge in [-0.25, -0.2) is 9.97 Å². The monoisotopic (exact) mass is 359 g/mol. The summed E-state index contributed by atoms with van der Waals surface area (Å²) in [5.74, 6) is 0.0710. The number of hydrogen-bond acceptors (Lipinski definition) is 5. The second-order valence-electron chi connectivity index (χ2n) is 5.69. The van der Waals surface area contributed by atoms with Crippen molar-refractivity contribution in [2.24, 2.45) is 0 Å². The summed E-state index contributed by atoms with van der Waals surface area (Å²) in [5, 5.41) is 0. The molecule has 0 saturated carbocycles. The summed E-state index contributed by atoms with van der Waals surface area (Å²) in [7, 11) is 1.67. The van der Waals surface area contributed by atoms with Gasteiger partial charge in [0.05, 0.1) is 11.7 Å². The first-order valence-corrected chi connectivity index (χ1v) is 7.87. The number of hydrogen-bond donors (Lipinski definition) is 0. The zero-order valence-corrected chi connectivity index (χ0v) is 14.1. The van der Waals surface area contributed by atoms with Gasteiger partial charge in [0.1, 0.15) is 11.5 Å². The number of pyridine rings is 2. The van der Waals surface area contributed by atoms with Gasteiger partial charge in [0.25, 0.3) is 0 Å². The number of rotatable bonds is 4. The van der Waals surface area contributed by atoms with Crippen molar-refractivity contribution in [3.05, 3.63) is 66.2 Å². The standard InChI is InChI=1S/C18H16F3N5/c1-12(13-7-3-5-9-22-13)26(2)16-11-15(18(19,20)21)24-17(25-16)14-8-4-6-10-23-14/h3-12H,1-2H3. The Balaban J connectivity index is 2.06. The molecule has 8 heteroatoms. The Kier molecular flexibility index (Phi) is 4.83. The fraction of sp³-hybridized carbons (Fsp3) is 0.222. The van der Waals surface area contributed by atoms with Crippen LogP contribution in [0.2, 0.25) is 0 Å². The maximum Gasteiger partial charge on any atom is 0.433 e. The van der Waals surface area contributed by atoms with Crippen molar-refractivity contribution in [2.75, 3.05) is 11.9 Å². The summed E-state index contributed by atoms with van der Waals surface area (Å²) in [6.45, 7) is 1.85. The normalized spacial score (nSPS) is 12.7. The molecular formula is C18H16F3N5. The fourth-order valence-electron chi connectivity index (χ4n) is 2.39. The van der Waals surface area contributed by atoms with Crippen molar-refractivity contribution in [3.8, 4) is 11.5 Å². The maximum absolute atomic E-state index is 13.3. The molecule has 1 atom stereocenters. The lowest BCUT2D eigenvalue weighted by molar-refractivity contribution is -0.141. The van der Waals surface area contributed by atoms with Crippen molar-refractivity contribution in [1.82, 2.24) is 19.9 Å². The minimum absolute atomic E-state index is 0.0736. The van der Waals surface area contributed by atoms with Gasteiger partial charge >= 0.3 is 6.18 Å². The van der Waals surface area contributed by atoms with Gasteiger partial charge in [0.2, 0.25) is 0 Å². The molecule has 0 saturated heterocycles. The average Bonchev–Trinajstić information content (AvgIpc) is 2.67. The summed E-state index contributed by atoms with van der Waals surface area (Å²) in [5.41, 5.74) is -0.0106. The van der Waals surface area contributed by atoms with Crippen molar-refractivity contribution in [1.29, 1.82) is 0 Å². The van der Waals surface area contributed by atoms with Gasteiger partial charge in [0.15, 0.2) is 11.5 Å². The molecule has 0 aliphatic heterocycles. The number of nitrogens with zero attached hydrogens (tertiary/aromatic N) is 5. The highest BCUT2D eigenvalue weighted by Crippen LogP contribution is 2.32. The van der Waals surface area contributed by atoms with Crippen LogP contribution in [-0.2, 0) is 6.18 Å². The lowest BCUT2D eigenvalue weighted by Gasteiger charge is -2.26. The molecule has 3 aromatic heterocycles. The number of alkyl halides is 3. The highest BCUT2D eigenvalue weighted by atomic mass is 19.4. The van der Waals surface area contributed by atoms with Gasteiger partial charge in [0, 0.05) is 25.5 Å². The van der Waals surface area contributed by atoms with Crippen LogP contribution in [-0.4, -0.2) is 27.0 Å². The Labute approximate surface area is 148 Å². The van der Waals surface area contributed by atoms with Gasteiger partial charge in [-0.1, -0.05) is 12.1 Å². The number of anilines is 1. The summed E-state index contributed by atoms with van der Waals surface area (Å²) in [6.07, 6.45) is -1.46. The molecule has 0 aromatic carbocycles. The van der Waals surface area contributed by atoms with Crippen molar-refractivity contribution in [2.45, 2.75) is 19.1 Å². The average molecular weight is 359 g/mol. The Bertz CT molecular complexity index is 869. The molecule has 1 unspecified atom stereocenters. The summed E-state index contributed by atoms with van der Waals surface area (Å²) in [4.78, 5) is 17.9. The fourth-order valence-corrected chi connectivity index (χ4v) is 2.39. The van der Waals surface area contributed by atoms with Gasteiger partial charge in [-0.3, -0.25) is 9.97 Å². The van der Waals surface area contributed by atoms with E-state index >= 15 is 0 Å². The van der Waals surface area contributed by atoms with E-state index in [1.54, 1.807) is 42.4 Å². The molecule has 0 spiro atoms. The molecule has 3 rings (SSSR count). The first kappa shape index (κ1) is 17.8. The molecule has 0 bridgehead atoms. The van der Waals surface area contributed by atoms with E-state index in [0.29, 0.717) is 0 Å². The van der Waals surface area contributed by atoms with Crippen LogP contribution in [0.25, 0.3) is 11.5 Å². The van der Waals surface area contributed by atoms with Crippen LogP contribution in [0.4, 0.5) is 19.0 Å². The van der Waals surface area contributed by atoms with Crippen LogP contribution in [0.3, 0.4) is 0 Å². The van der Waals surface area contributed by atoms with E-state index in [4.69, 9.17) is 0 Å². The number of aromatic nitrogens is 4. The van der Waals surface area contributed by atoms with Crippen LogP contribution in [0.15, 0.2) is 54.9 Å². The summed E-state index contributed by atoms with van der Waals surface area (Å²) in [6, 6.07) is 11.0. The van der Waals surface area contributed by atoms with Crippen LogP contribution < -0.4 is 4.90 Å². The van der Waals surface area contributed by atoms with E-state index in [1.165, 1.54) is 6.20 Å². The predicted molar refractivity (Wildman–Crippen MR) is 91.3 cm³/mol. The Morgan fingerprint density at radius 2 is 1.65 bits per heavy atom. The zero-order valence-electron chi connectivity index (χ0n) is 14.1. The quantitative estimate of drug-likeness (QED) is 0.700. The molecule has 0 N–H and O–H groups in total. The minimum atomic E-state index is -4.59. The Morgan fingerprint density at radius 1 is 0.962 bits per heavy atom. The minimum Gasteiger partial charge on any atom is -0.351 e. The molecule has 3 heterocycles. The maximum atomic E-state index is 13.3. The van der Waals surface area contributed by atoms with Crippen molar-refractivity contribution >= 4 is 5.82 Å². The van der Waals surface area contributed by atoms with E-state index in [0.717, 1.165) is 11.8 Å². The van der Waals surface area contributed by atoms with Gasteiger partial charge in [-0.05, 0) is 31.2 Å². The van der Waals surface area contributed by atoms with Gasteiger partial charge < -0.3 is 4.90 Å². The summed E-state index contributed by atoms with van der Waals surface area (Å²) >= 11 is 0. The van der Waals surface area contributed by atoms with Crippen LogP contribution >= 0.6 is 0 Å². The smallest absolute Gasteiger partial charge is 0.351 e. The SMILES string of the molecule is CC(c1ccccn1)N(C)c1cc(C(F)(F)F)nc(-c2ccccn2)n1. The van der Waals surface area contributed by atoms with Crippen LogP contribution in [0.5, 0.6) is 0 Å². The predicted octanol–water partition coefficient (Wildman–Crippen LogP) is 4.15. The van der Waals surface area contributed by atoms with E-state index in [2.05, 4.69) is 19.9 Å². The highest BCUT2D eigenvalue weighted by molar-refractivity contribution is 5.54. The van der Waals surface area contributed by atoms with E-state index in [1.807, 2.05) is 19.1 Å². The van der Waals surface area contributed by atoms with Crippen LogP contribution in [0.1, 0.15) is 24.4 Å². The lowest BCUT2D eigenvalue weighted by atomic mass is 10.2. The second-order valence-corrected chi connectivity index (χ2v) is 5.69. The van der Waals surface area contributed by atoms with E-state index in [-0.39, 0.29) is 23.4 Å². The van der Waals surface area contributed by atoms with Crippen LogP contribution in [0, 0.1) is 0 Å². The highest BCUT2D eigenvalue weighted by Gasteiger charge is 2.34. The largest absolute Gasteiger partial charge is 0.433 e. The van der Waals surface area contributed by atoms with E-state index in [9.17, 15) is 13.2 Å². The first-order chi connectivity index (χ1) is 12.4. The summed E-state index contributed by atoms with van der Waals surface area (Å²) < 4.78 is 39.9. The lowest BCUT2D eigenvalue weighted by Crippen LogP contribution is -2.24. The zero-order chi connectivity index (χ0) is 18.7. The Morgan fingerprint density at radius 3 is 2.23 bits per heavy atom. The molecule has 0 amide bonds. The molecule has 0 fully saturated rings. The third-order valence-corrected chi connectivity index (χ3v) is 3.96. The Hall–Kier alpha value is -3.03. The third-order valence-electron chi connectivity index (χ3n) is 3.96. The second kappa shape index (κ2) is 7.07. The van der Waals surface area contributed by atoms with Crippen molar-refractivity contribution < 1.29 is 13.2 Å². The number of halogens is 3. The molecule has 0 aliphatic carbocycles.